The Bertz CT molecular complexity index is 260. The van der Waals surface area contributed by atoms with Crippen molar-refractivity contribution in [1.82, 2.24) is 10.6 Å². The molecule has 4 nitrogen and oxygen atoms in total. The highest BCUT2D eigenvalue weighted by Crippen LogP contribution is 2.03. The fourth-order valence-electron chi connectivity index (χ4n) is 1.86. The smallest absolute Gasteiger partial charge is 0.146 e. The van der Waals surface area contributed by atoms with Gasteiger partial charge < -0.3 is 10.6 Å². The molecule has 0 heterocycles. The van der Waals surface area contributed by atoms with E-state index in [1.165, 1.54) is 0 Å². The first-order chi connectivity index (χ1) is 8.52. The lowest BCUT2D eigenvalue weighted by atomic mass is 10.1. The first kappa shape index (κ1) is 17.0. The van der Waals surface area contributed by atoms with Crippen LogP contribution < -0.4 is 10.6 Å². The minimum Gasteiger partial charge on any atom is -0.311 e. The lowest BCUT2D eigenvalue weighted by molar-refractivity contribution is -0.119. The van der Waals surface area contributed by atoms with E-state index in [0.717, 1.165) is 25.7 Å². The Balaban J connectivity index is 3.78. The van der Waals surface area contributed by atoms with Gasteiger partial charge in [-0.2, -0.15) is 0 Å². The molecule has 0 rings (SSSR count). The molecule has 0 fully saturated rings. The lowest BCUT2D eigenvalue weighted by Gasteiger charge is -2.11. The highest BCUT2D eigenvalue weighted by molar-refractivity contribution is 5.81. The number of allylic oxidation sites excluding steroid dienone is 2. The molecule has 4 heteroatoms. The van der Waals surface area contributed by atoms with E-state index in [0.29, 0.717) is 0 Å². The number of Topliss-reactive ketones (excluding diaryl/α,β-unsaturated/α-hetero) is 2. The van der Waals surface area contributed by atoms with Crippen LogP contribution >= 0.6 is 0 Å². The van der Waals surface area contributed by atoms with Crippen LogP contribution in [-0.2, 0) is 9.59 Å². The summed E-state index contributed by atoms with van der Waals surface area (Å²) in [6.07, 6.45) is 7.58. The van der Waals surface area contributed by atoms with E-state index >= 15 is 0 Å². The Kier molecular flexibility index (Phi) is 9.42. The van der Waals surface area contributed by atoms with Crippen LogP contribution in [0.3, 0.4) is 0 Å². The second-order valence-electron chi connectivity index (χ2n) is 4.53. The van der Waals surface area contributed by atoms with Gasteiger partial charge in [0.25, 0.3) is 0 Å². The standard InChI is InChI=1S/C14H26N2O2/c1-11(17)13(15-3)9-7-5-6-8-10-14(16-4)12(2)18/h5-6,13-16H,7-10H2,1-4H3/b6-5-. The van der Waals surface area contributed by atoms with E-state index in [1.807, 2.05) is 0 Å². The molecule has 18 heavy (non-hydrogen) atoms. The fourth-order valence-corrected chi connectivity index (χ4v) is 1.86. The first-order valence-electron chi connectivity index (χ1n) is 6.53. The van der Waals surface area contributed by atoms with Gasteiger partial charge in [0, 0.05) is 0 Å². The molecule has 104 valence electrons. The van der Waals surface area contributed by atoms with Gasteiger partial charge in [-0.15, -0.1) is 0 Å². The van der Waals surface area contributed by atoms with E-state index in [1.54, 1.807) is 27.9 Å². The molecular weight excluding hydrogens is 228 g/mol. The SMILES string of the molecule is CNC(CC/C=C\CCC(NC)C(C)=O)C(C)=O. The van der Waals surface area contributed by atoms with E-state index in [-0.39, 0.29) is 23.7 Å². The second kappa shape index (κ2) is 9.97. The molecule has 2 atom stereocenters. The van der Waals surface area contributed by atoms with Crippen molar-refractivity contribution in [2.24, 2.45) is 0 Å². The molecule has 0 aromatic heterocycles. The number of likely N-dealkylation sites (N-methyl/N-ethyl adjacent to an activating group) is 2. The number of nitrogens with one attached hydrogen (secondary N) is 2. The summed E-state index contributed by atoms with van der Waals surface area (Å²) < 4.78 is 0. The number of carbonyl (C=O) groups is 2. The summed E-state index contributed by atoms with van der Waals surface area (Å²) in [7, 11) is 3.61. The number of rotatable bonds is 10. The summed E-state index contributed by atoms with van der Waals surface area (Å²) in [5.74, 6) is 0.357. The summed E-state index contributed by atoms with van der Waals surface area (Å²) in [5, 5.41) is 5.99. The molecular formula is C14H26N2O2. The van der Waals surface area contributed by atoms with Gasteiger partial charge in [0.2, 0.25) is 0 Å². The van der Waals surface area contributed by atoms with Crippen molar-refractivity contribution in [3.05, 3.63) is 12.2 Å². The molecule has 0 saturated carbocycles. The van der Waals surface area contributed by atoms with Crippen molar-refractivity contribution in [2.75, 3.05) is 14.1 Å². The molecule has 0 radical (unpaired) electrons. The molecule has 0 aliphatic carbocycles. The molecule has 0 bridgehead atoms. The van der Waals surface area contributed by atoms with Gasteiger partial charge in [-0.3, -0.25) is 9.59 Å². The van der Waals surface area contributed by atoms with Crippen LogP contribution in [0.2, 0.25) is 0 Å². The van der Waals surface area contributed by atoms with Crippen LogP contribution in [0.15, 0.2) is 12.2 Å². The third kappa shape index (κ3) is 7.35. The van der Waals surface area contributed by atoms with Crippen LogP contribution in [0.25, 0.3) is 0 Å². The van der Waals surface area contributed by atoms with Gasteiger partial charge in [-0.25, -0.2) is 0 Å². The maximum Gasteiger partial charge on any atom is 0.146 e. The summed E-state index contributed by atoms with van der Waals surface area (Å²) in [6, 6.07) is -0.0890. The zero-order valence-corrected chi connectivity index (χ0v) is 12.0. The predicted octanol–water partition coefficient (Wildman–Crippen LogP) is 1.46. The largest absolute Gasteiger partial charge is 0.311 e. The number of ketones is 2. The molecule has 0 aliphatic heterocycles. The van der Waals surface area contributed by atoms with Gasteiger partial charge in [0.15, 0.2) is 0 Å². The topological polar surface area (TPSA) is 58.2 Å². The molecule has 2 unspecified atom stereocenters. The Labute approximate surface area is 110 Å². The summed E-state index contributed by atoms with van der Waals surface area (Å²) in [5.41, 5.74) is 0. The Morgan fingerprint density at radius 2 is 1.22 bits per heavy atom. The van der Waals surface area contributed by atoms with Gasteiger partial charge in [0.05, 0.1) is 12.1 Å². The van der Waals surface area contributed by atoms with Crippen LogP contribution in [0.4, 0.5) is 0 Å². The van der Waals surface area contributed by atoms with Crippen LogP contribution in [0.1, 0.15) is 39.5 Å². The fraction of sp³-hybridized carbons (Fsp3) is 0.714. The average molecular weight is 254 g/mol. The van der Waals surface area contributed by atoms with E-state index in [2.05, 4.69) is 22.8 Å². The van der Waals surface area contributed by atoms with Crippen LogP contribution in [0, 0.1) is 0 Å². The summed E-state index contributed by atoms with van der Waals surface area (Å²) in [4.78, 5) is 22.3. The van der Waals surface area contributed by atoms with Crippen molar-refractivity contribution in [3.63, 3.8) is 0 Å². The Morgan fingerprint density at radius 1 is 0.889 bits per heavy atom. The molecule has 0 spiro atoms. The highest BCUT2D eigenvalue weighted by atomic mass is 16.1. The van der Waals surface area contributed by atoms with E-state index < -0.39 is 0 Å². The monoisotopic (exact) mass is 254 g/mol. The number of hydrogen-bond donors (Lipinski definition) is 2. The van der Waals surface area contributed by atoms with Crippen molar-refractivity contribution < 1.29 is 9.59 Å². The second-order valence-corrected chi connectivity index (χ2v) is 4.53. The highest BCUT2D eigenvalue weighted by Gasteiger charge is 2.10. The van der Waals surface area contributed by atoms with Crippen molar-refractivity contribution in [2.45, 2.75) is 51.6 Å². The van der Waals surface area contributed by atoms with Gasteiger partial charge in [0.1, 0.15) is 11.6 Å². The Hall–Kier alpha value is -1.00. The first-order valence-corrected chi connectivity index (χ1v) is 6.53. The third-order valence-electron chi connectivity index (χ3n) is 3.09. The zero-order chi connectivity index (χ0) is 14.0. The number of hydrogen-bond acceptors (Lipinski definition) is 4. The molecule has 0 aromatic rings. The average Bonchev–Trinajstić information content (AvgIpc) is 2.32. The van der Waals surface area contributed by atoms with E-state index in [4.69, 9.17) is 0 Å². The summed E-state index contributed by atoms with van der Waals surface area (Å²) in [6.45, 7) is 3.21. The quantitative estimate of drug-likeness (QED) is 0.579. The molecule has 0 amide bonds. The summed E-state index contributed by atoms with van der Waals surface area (Å²) >= 11 is 0. The lowest BCUT2D eigenvalue weighted by Crippen LogP contribution is -2.32. The predicted molar refractivity (Wildman–Crippen MR) is 74.7 cm³/mol. The minimum absolute atomic E-state index is 0.0445. The van der Waals surface area contributed by atoms with Crippen LogP contribution in [-0.4, -0.2) is 37.7 Å². The van der Waals surface area contributed by atoms with Crippen molar-refractivity contribution in [3.8, 4) is 0 Å². The molecule has 2 N–H and O–H groups in total. The van der Waals surface area contributed by atoms with Gasteiger partial charge >= 0.3 is 0 Å². The molecule has 0 aliphatic rings. The third-order valence-corrected chi connectivity index (χ3v) is 3.09. The van der Waals surface area contributed by atoms with Gasteiger partial charge in [-0.1, -0.05) is 12.2 Å². The minimum atomic E-state index is -0.0445. The normalized spacial score (nSPS) is 14.7. The Morgan fingerprint density at radius 3 is 1.44 bits per heavy atom. The maximum atomic E-state index is 11.2. The van der Waals surface area contributed by atoms with Crippen molar-refractivity contribution >= 4 is 11.6 Å². The molecule has 0 aromatic carbocycles. The maximum absolute atomic E-state index is 11.2. The van der Waals surface area contributed by atoms with Gasteiger partial charge in [-0.05, 0) is 53.6 Å². The zero-order valence-electron chi connectivity index (χ0n) is 12.0. The van der Waals surface area contributed by atoms with E-state index in [9.17, 15) is 9.59 Å². The van der Waals surface area contributed by atoms with Crippen LogP contribution in [0.5, 0.6) is 0 Å². The van der Waals surface area contributed by atoms with Crippen molar-refractivity contribution in [1.29, 1.82) is 0 Å². The molecule has 0 saturated heterocycles. The number of carbonyl (C=O) groups excluding carboxylic acids is 2.